The first-order valence-corrected chi connectivity index (χ1v) is 17.7. The highest BCUT2D eigenvalue weighted by Crippen LogP contribution is 2.40. The van der Waals surface area contributed by atoms with E-state index in [9.17, 15) is 8.42 Å². The van der Waals surface area contributed by atoms with Gasteiger partial charge in [-0.15, -0.1) is 0 Å². The van der Waals surface area contributed by atoms with Crippen molar-refractivity contribution in [1.29, 1.82) is 0 Å². The first-order valence-electron chi connectivity index (χ1n) is 14.3. The third-order valence-corrected chi connectivity index (χ3v) is 10.5. The number of anilines is 6. The van der Waals surface area contributed by atoms with E-state index in [2.05, 4.69) is 58.3 Å². The Labute approximate surface area is 277 Å². The maximum absolute atomic E-state index is 12.2. The SMILES string of the molecule is COc1cc(N2CCC(N3CCN(C)CC3)CC2)c(Cl)cc1Nc1ncc(Br)c(Nc2cc(Cl)ccc2N(C)S(C)(=O)=O)n1. The predicted molar refractivity (Wildman–Crippen MR) is 183 cm³/mol. The number of rotatable bonds is 9. The topological polar surface area (TPSA) is 106 Å². The van der Waals surface area contributed by atoms with Crippen LogP contribution in [0.5, 0.6) is 5.75 Å². The van der Waals surface area contributed by atoms with Crippen molar-refractivity contribution in [2.75, 3.05) is 86.6 Å². The van der Waals surface area contributed by atoms with Crippen LogP contribution in [0.3, 0.4) is 0 Å². The number of hydrogen-bond acceptors (Lipinski definition) is 10. The summed E-state index contributed by atoms with van der Waals surface area (Å²) >= 11 is 16.6. The molecule has 0 amide bonds. The molecule has 2 aliphatic heterocycles. The highest BCUT2D eigenvalue weighted by molar-refractivity contribution is 9.10. The Hall–Kier alpha value is -2.55. The van der Waals surface area contributed by atoms with Crippen LogP contribution >= 0.6 is 39.1 Å². The van der Waals surface area contributed by atoms with Gasteiger partial charge in [0.1, 0.15) is 11.6 Å². The second-order valence-corrected chi connectivity index (χ2v) is 14.8. The molecule has 3 heterocycles. The second-order valence-electron chi connectivity index (χ2n) is 11.1. The van der Waals surface area contributed by atoms with Crippen molar-refractivity contribution < 1.29 is 13.2 Å². The monoisotopic (exact) mass is 726 g/mol. The molecule has 11 nitrogen and oxygen atoms in total. The van der Waals surface area contributed by atoms with Gasteiger partial charge in [-0.2, -0.15) is 4.98 Å². The van der Waals surface area contributed by atoms with E-state index < -0.39 is 10.0 Å². The van der Waals surface area contributed by atoms with Crippen molar-refractivity contribution in [2.45, 2.75) is 18.9 Å². The molecular formula is C29H37BrCl2N8O3S. The van der Waals surface area contributed by atoms with E-state index in [-0.39, 0.29) is 5.95 Å². The summed E-state index contributed by atoms with van der Waals surface area (Å²) in [6.07, 6.45) is 4.92. The van der Waals surface area contributed by atoms with Gasteiger partial charge in [0.25, 0.3) is 0 Å². The van der Waals surface area contributed by atoms with Crippen LogP contribution in [-0.4, -0.2) is 101 Å². The summed E-state index contributed by atoms with van der Waals surface area (Å²) in [6.45, 7) is 6.36. The van der Waals surface area contributed by atoms with Gasteiger partial charge in [-0.1, -0.05) is 23.2 Å². The zero-order valence-corrected chi connectivity index (χ0v) is 29.1. The smallest absolute Gasteiger partial charge is 0.232 e. The van der Waals surface area contributed by atoms with Gasteiger partial charge in [0.05, 0.1) is 45.6 Å². The molecule has 0 bridgehead atoms. The lowest BCUT2D eigenvalue weighted by molar-refractivity contribution is 0.0982. The van der Waals surface area contributed by atoms with Crippen molar-refractivity contribution in [2.24, 2.45) is 0 Å². The van der Waals surface area contributed by atoms with E-state index in [0.29, 0.717) is 49.2 Å². The molecule has 2 saturated heterocycles. The number of likely N-dealkylation sites (N-methyl/N-ethyl adjacent to an activating group) is 1. The van der Waals surface area contributed by atoms with E-state index >= 15 is 0 Å². The van der Waals surface area contributed by atoms with Crippen LogP contribution in [0.25, 0.3) is 0 Å². The highest BCUT2D eigenvalue weighted by Gasteiger charge is 2.28. The Morgan fingerprint density at radius 2 is 1.73 bits per heavy atom. The summed E-state index contributed by atoms with van der Waals surface area (Å²) in [6, 6.07) is 9.28. The number of ether oxygens (including phenoxy) is 1. The highest BCUT2D eigenvalue weighted by atomic mass is 79.9. The first-order chi connectivity index (χ1) is 20.9. The fraction of sp³-hybridized carbons (Fsp3) is 0.448. The number of piperidine rings is 1. The molecule has 2 N–H and O–H groups in total. The molecule has 44 heavy (non-hydrogen) atoms. The molecule has 238 valence electrons. The van der Waals surface area contributed by atoms with Gasteiger partial charge in [0.2, 0.25) is 16.0 Å². The minimum absolute atomic E-state index is 0.283. The maximum atomic E-state index is 12.2. The van der Waals surface area contributed by atoms with Crippen LogP contribution in [0.1, 0.15) is 12.8 Å². The minimum atomic E-state index is -3.52. The quantitative estimate of drug-likeness (QED) is 0.287. The molecule has 2 fully saturated rings. The predicted octanol–water partition coefficient (Wildman–Crippen LogP) is 5.65. The molecule has 0 saturated carbocycles. The van der Waals surface area contributed by atoms with Crippen LogP contribution in [-0.2, 0) is 10.0 Å². The van der Waals surface area contributed by atoms with E-state index in [1.165, 1.54) is 11.4 Å². The third kappa shape index (κ3) is 7.63. The van der Waals surface area contributed by atoms with Crippen molar-refractivity contribution >= 4 is 83.7 Å². The summed E-state index contributed by atoms with van der Waals surface area (Å²) in [7, 11) is 1.76. The van der Waals surface area contributed by atoms with Gasteiger partial charge in [-0.3, -0.25) is 9.21 Å². The van der Waals surface area contributed by atoms with E-state index in [1.54, 1.807) is 31.5 Å². The summed E-state index contributed by atoms with van der Waals surface area (Å²) in [5.74, 6) is 1.29. The standard InChI is InChI=1S/C29H37BrCl2N8O3S/c1-37-11-13-39(14-12-37)20-7-9-40(10-8-20)26-17-27(43-3)24(16-22(26)32)35-29-33-18-21(30)28(36-29)34-23-15-19(31)5-6-25(23)38(2)44(4,41)42/h5-6,15-18,20H,7-14H2,1-4H3,(H2,33,34,35,36). The molecule has 1 aromatic heterocycles. The molecule has 0 unspecified atom stereocenters. The Kier molecular flexibility index (Phi) is 10.3. The molecule has 0 spiro atoms. The average Bonchev–Trinajstić information content (AvgIpc) is 2.99. The van der Waals surface area contributed by atoms with Gasteiger partial charge >= 0.3 is 0 Å². The minimum Gasteiger partial charge on any atom is -0.494 e. The fourth-order valence-corrected chi connectivity index (χ4v) is 6.80. The number of aromatic nitrogens is 2. The number of hydrogen-bond donors (Lipinski definition) is 2. The largest absolute Gasteiger partial charge is 0.494 e. The first kappa shape index (κ1) is 32.8. The maximum Gasteiger partial charge on any atom is 0.232 e. The van der Waals surface area contributed by atoms with Crippen LogP contribution in [0, 0.1) is 0 Å². The number of methoxy groups -OCH3 is 1. The average molecular weight is 729 g/mol. The second kappa shape index (κ2) is 13.8. The van der Waals surface area contributed by atoms with Crippen LogP contribution in [0.15, 0.2) is 41.0 Å². The molecule has 0 atom stereocenters. The normalized spacial score (nSPS) is 17.0. The van der Waals surface area contributed by atoms with Gasteiger partial charge in [-0.25, -0.2) is 13.4 Å². The molecule has 3 aromatic rings. The van der Waals surface area contributed by atoms with Crippen molar-refractivity contribution in [3.05, 3.63) is 51.0 Å². The Morgan fingerprint density at radius 1 is 1.02 bits per heavy atom. The molecule has 0 aliphatic carbocycles. The lowest BCUT2D eigenvalue weighted by atomic mass is 10.0. The van der Waals surface area contributed by atoms with Crippen molar-refractivity contribution in [1.82, 2.24) is 19.8 Å². The number of piperazine rings is 1. The van der Waals surface area contributed by atoms with Crippen LogP contribution in [0.2, 0.25) is 10.0 Å². The van der Waals surface area contributed by atoms with Crippen molar-refractivity contribution in [3.63, 3.8) is 0 Å². The molecule has 15 heteroatoms. The van der Waals surface area contributed by atoms with Crippen LogP contribution < -0.4 is 24.6 Å². The van der Waals surface area contributed by atoms with Crippen molar-refractivity contribution in [3.8, 4) is 5.75 Å². The Bertz CT molecular complexity index is 1600. The number of halogens is 3. The van der Waals surface area contributed by atoms with Crippen LogP contribution in [0.4, 0.5) is 34.5 Å². The van der Waals surface area contributed by atoms with Gasteiger partial charge in [-0.05, 0) is 60.1 Å². The number of nitrogens with zero attached hydrogens (tertiary/aromatic N) is 6. The molecule has 5 rings (SSSR count). The summed E-state index contributed by atoms with van der Waals surface area (Å²) in [5.41, 5.74) is 2.42. The number of benzene rings is 2. The van der Waals surface area contributed by atoms with Gasteiger partial charge in [0.15, 0.2) is 0 Å². The molecule has 2 aliphatic rings. The zero-order valence-electron chi connectivity index (χ0n) is 25.1. The van der Waals surface area contributed by atoms with Gasteiger partial charge in [0, 0.05) is 69.6 Å². The lowest BCUT2D eigenvalue weighted by Crippen LogP contribution is -2.52. The fourth-order valence-electron chi connectivity index (χ4n) is 5.54. The number of sulfonamides is 1. The van der Waals surface area contributed by atoms with E-state index in [1.807, 2.05) is 12.1 Å². The lowest BCUT2D eigenvalue weighted by Gasteiger charge is -2.42. The molecule has 2 aromatic carbocycles. The third-order valence-electron chi connectivity index (χ3n) is 8.17. The Morgan fingerprint density at radius 3 is 2.39 bits per heavy atom. The summed E-state index contributed by atoms with van der Waals surface area (Å²) in [5, 5.41) is 7.44. The van der Waals surface area contributed by atoms with Gasteiger partial charge < -0.3 is 25.2 Å². The van der Waals surface area contributed by atoms with E-state index in [4.69, 9.17) is 27.9 Å². The molecular weight excluding hydrogens is 691 g/mol. The Balaban J connectivity index is 1.32. The summed E-state index contributed by atoms with van der Waals surface area (Å²) in [4.78, 5) is 16.4. The number of nitrogens with one attached hydrogen (secondary N) is 2. The molecule has 0 radical (unpaired) electrons. The zero-order chi connectivity index (χ0) is 31.6. The summed E-state index contributed by atoms with van der Waals surface area (Å²) < 4.78 is 32.0. The van der Waals surface area contributed by atoms with E-state index in [0.717, 1.165) is 64.1 Å².